The van der Waals surface area contributed by atoms with E-state index in [1.807, 2.05) is 0 Å². The molecule has 2 N–H and O–H groups in total. The number of ether oxygens (including phenoxy) is 1. The molecule has 1 amide bonds. The van der Waals surface area contributed by atoms with Crippen LogP contribution in [0.5, 0.6) is 0 Å². The average molecular weight is 259 g/mol. The minimum Gasteiger partial charge on any atom is -0.481 e. The Hall–Kier alpha value is -1.10. The third kappa shape index (κ3) is 10.1. The van der Waals surface area contributed by atoms with Gasteiger partial charge in [-0.25, -0.2) is 0 Å². The molecule has 5 nitrogen and oxygen atoms in total. The standard InChI is InChI=1S/C13H25NO4/c1-5-18-10(8-12(16)17)9-14-11(15)6-7-13(2,3)4/h10H,5-9H2,1-4H3,(H,14,15)(H,16,17). The molecule has 106 valence electrons. The third-order valence-corrected chi connectivity index (χ3v) is 2.43. The van der Waals surface area contributed by atoms with Gasteiger partial charge in [0.2, 0.25) is 5.91 Å². The summed E-state index contributed by atoms with van der Waals surface area (Å²) in [6.45, 7) is 8.73. The molecule has 0 aliphatic carbocycles. The number of carbonyl (C=O) groups excluding carboxylic acids is 1. The highest BCUT2D eigenvalue weighted by Crippen LogP contribution is 2.20. The van der Waals surface area contributed by atoms with Gasteiger partial charge in [0.15, 0.2) is 0 Å². The minimum atomic E-state index is -0.919. The first-order chi connectivity index (χ1) is 8.24. The third-order valence-electron chi connectivity index (χ3n) is 2.43. The van der Waals surface area contributed by atoms with Gasteiger partial charge in [-0.05, 0) is 18.8 Å². The highest BCUT2D eigenvalue weighted by molar-refractivity contribution is 5.76. The SMILES string of the molecule is CCOC(CNC(=O)CCC(C)(C)C)CC(=O)O. The van der Waals surface area contributed by atoms with Crippen LogP contribution in [0.3, 0.4) is 0 Å². The molecule has 0 aliphatic heterocycles. The van der Waals surface area contributed by atoms with Crippen molar-refractivity contribution in [1.29, 1.82) is 0 Å². The molecule has 0 saturated heterocycles. The molecule has 18 heavy (non-hydrogen) atoms. The van der Waals surface area contributed by atoms with Crippen LogP contribution in [0.25, 0.3) is 0 Å². The van der Waals surface area contributed by atoms with Crippen molar-refractivity contribution in [2.45, 2.75) is 53.1 Å². The maximum absolute atomic E-state index is 11.6. The quantitative estimate of drug-likeness (QED) is 0.697. The summed E-state index contributed by atoms with van der Waals surface area (Å²) in [6, 6.07) is 0. The van der Waals surface area contributed by atoms with Crippen molar-refractivity contribution in [3.05, 3.63) is 0 Å². The topological polar surface area (TPSA) is 75.6 Å². The fourth-order valence-corrected chi connectivity index (χ4v) is 1.43. The van der Waals surface area contributed by atoms with E-state index in [-0.39, 0.29) is 24.3 Å². The molecule has 0 aliphatic rings. The summed E-state index contributed by atoms with van der Waals surface area (Å²) >= 11 is 0. The highest BCUT2D eigenvalue weighted by Gasteiger charge is 2.16. The van der Waals surface area contributed by atoms with Crippen LogP contribution < -0.4 is 5.32 Å². The Bertz CT molecular complexity index is 271. The molecule has 0 aromatic rings. The van der Waals surface area contributed by atoms with Gasteiger partial charge in [-0.1, -0.05) is 20.8 Å². The van der Waals surface area contributed by atoms with Crippen molar-refractivity contribution in [2.75, 3.05) is 13.2 Å². The van der Waals surface area contributed by atoms with Crippen LogP contribution in [0.1, 0.15) is 47.0 Å². The predicted molar refractivity (Wildman–Crippen MR) is 69.4 cm³/mol. The Morgan fingerprint density at radius 3 is 2.39 bits per heavy atom. The number of carbonyl (C=O) groups is 2. The number of aliphatic carboxylic acids is 1. The molecule has 1 atom stereocenters. The predicted octanol–water partition coefficient (Wildman–Crippen LogP) is 1.81. The van der Waals surface area contributed by atoms with E-state index in [0.29, 0.717) is 13.0 Å². The second kappa shape index (κ2) is 8.08. The fraction of sp³-hybridized carbons (Fsp3) is 0.846. The number of carboxylic acids is 1. The number of nitrogens with one attached hydrogen (secondary N) is 1. The molecule has 0 spiro atoms. The van der Waals surface area contributed by atoms with E-state index in [9.17, 15) is 9.59 Å². The number of amides is 1. The van der Waals surface area contributed by atoms with E-state index in [0.717, 1.165) is 6.42 Å². The molecule has 0 heterocycles. The summed E-state index contributed by atoms with van der Waals surface area (Å²) in [5.41, 5.74) is 0.123. The fourth-order valence-electron chi connectivity index (χ4n) is 1.43. The first kappa shape index (κ1) is 16.9. The van der Waals surface area contributed by atoms with E-state index in [1.165, 1.54) is 0 Å². The van der Waals surface area contributed by atoms with Crippen molar-refractivity contribution in [3.8, 4) is 0 Å². The molecule has 0 aromatic carbocycles. The van der Waals surface area contributed by atoms with E-state index in [4.69, 9.17) is 9.84 Å². The molecular weight excluding hydrogens is 234 g/mol. The Morgan fingerprint density at radius 1 is 1.33 bits per heavy atom. The Labute approximate surface area is 109 Å². The second-order valence-electron chi connectivity index (χ2n) is 5.54. The van der Waals surface area contributed by atoms with Crippen LogP contribution in [0, 0.1) is 5.41 Å². The van der Waals surface area contributed by atoms with E-state index in [1.54, 1.807) is 6.92 Å². The van der Waals surface area contributed by atoms with Crippen LogP contribution in [0.4, 0.5) is 0 Å². The number of rotatable bonds is 8. The smallest absolute Gasteiger partial charge is 0.306 e. The normalized spacial score (nSPS) is 13.1. The van der Waals surface area contributed by atoms with Gasteiger partial charge in [-0.3, -0.25) is 9.59 Å². The van der Waals surface area contributed by atoms with Crippen molar-refractivity contribution in [1.82, 2.24) is 5.32 Å². The van der Waals surface area contributed by atoms with Crippen LogP contribution >= 0.6 is 0 Å². The molecule has 0 fully saturated rings. The summed E-state index contributed by atoms with van der Waals surface area (Å²) in [5, 5.41) is 11.4. The number of hydrogen-bond acceptors (Lipinski definition) is 3. The Balaban J connectivity index is 3.95. The zero-order valence-electron chi connectivity index (χ0n) is 11.8. The summed E-state index contributed by atoms with van der Waals surface area (Å²) < 4.78 is 5.25. The Morgan fingerprint density at radius 2 is 1.94 bits per heavy atom. The van der Waals surface area contributed by atoms with Crippen LogP contribution in [-0.4, -0.2) is 36.2 Å². The van der Waals surface area contributed by atoms with Gasteiger partial charge in [0.25, 0.3) is 0 Å². The molecule has 0 aromatic heterocycles. The zero-order valence-corrected chi connectivity index (χ0v) is 11.8. The van der Waals surface area contributed by atoms with Gasteiger partial charge in [-0.2, -0.15) is 0 Å². The maximum Gasteiger partial charge on any atom is 0.306 e. The van der Waals surface area contributed by atoms with Crippen LogP contribution in [0.15, 0.2) is 0 Å². The van der Waals surface area contributed by atoms with Crippen molar-refractivity contribution >= 4 is 11.9 Å². The second-order valence-corrected chi connectivity index (χ2v) is 5.54. The first-order valence-electron chi connectivity index (χ1n) is 6.34. The first-order valence-corrected chi connectivity index (χ1v) is 6.34. The van der Waals surface area contributed by atoms with Gasteiger partial charge >= 0.3 is 5.97 Å². The van der Waals surface area contributed by atoms with Gasteiger partial charge in [0.1, 0.15) is 0 Å². The molecule has 0 saturated carbocycles. The lowest BCUT2D eigenvalue weighted by molar-refractivity contribution is -0.140. The minimum absolute atomic E-state index is 0.0555. The summed E-state index contributed by atoms with van der Waals surface area (Å²) in [7, 11) is 0. The van der Waals surface area contributed by atoms with Crippen LogP contribution in [-0.2, 0) is 14.3 Å². The molecule has 0 bridgehead atoms. The monoisotopic (exact) mass is 259 g/mol. The van der Waals surface area contributed by atoms with E-state index >= 15 is 0 Å². The number of hydrogen-bond donors (Lipinski definition) is 2. The van der Waals surface area contributed by atoms with Gasteiger partial charge in [0.05, 0.1) is 12.5 Å². The van der Waals surface area contributed by atoms with Gasteiger partial charge in [-0.15, -0.1) is 0 Å². The average Bonchev–Trinajstić information content (AvgIpc) is 2.21. The molecular formula is C13H25NO4. The lowest BCUT2D eigenvalue weighted by Gasteiger charge is -2.19. The number of carboxylic acid groups (broad SMARTS) is 1. The van der Waals surface area contributed by atoms with Crippen molar-refractivity contribution < 1.29 is 19.4 Å². The van der Waals surface area contributed by atoms with Gasteiger partial charge in [0, 0.05) is 19.6 Å². The molecule has 0 radical (unpaired) electrons. The maximum atomic E-state index is 11.6. The zero-order chi connectivity index (χ0) is 14.2. The lowest BCUT2D eigenvalue weighted by atomic mass is 9.90. The van der Waals surface area contributed by atoms with Crippen LogP contribution in [0.2, 0.25) is 0 Å². The molecule has 5 heteroatoms. The van der Waals surface area contributed by atoms with Crippen molar-refractivity contribution in [2.24, 2.45) is 5.41 Å². The summed E-state index contributed by atoms with van der Waals surface area (Å²) in [6.07, 6.45) is 0.714. The molecule has 1 unspecified atom stereocenters. The molecule has 0 rings (SSSR count). The largest absolute Gasteiger partial charge is 0.481 e. The van der Waals surface area contributed by atoms with E-state index < -0.39 is 12.1 Å². The van der Waals surface area contributed by atoms with Gasteiger partial charge < -0.3 is 15.2 Å². The highest BCUT2D eigenvalue weighted by atomic mass is 16.5. The van der Waals surface area contributed by atoms with E-state index in [2.05, 4.69) is 26.1 Å². The van der Waals surface area contributed by atoms with Crippen molar-refractivity contribution in [3.63, 3.8) is 0 Å². The summed E-state index contributed by atoms with van der Waals surface area (Å²) in [5.74, 6) is -0.975. The lowest BCUT2D eigenvalue weighted by Crippen LogP contribution is -2.35. The summed E-state index contributed by atoms with van der Waals surface area (Å²) in [4.78, 5) is 22.2. The Kier molecular flexibility index (Phi) is 7.59.